The van der Waals surface area contributed by atoms with Crippen molar-refractivity contribution >= 4 is 12.0 Å². The van der Waals surface area contributed by atoms with E-state index in [1.165, 1.54) is 0 Å². The third kappa shape index (κ3) is 3.99. The fourth-order valence-corrected chi connectivity index (χ4v) is 3.88. The fraction of sp³-hybridized carbons (Fsp3) is 0.500. The molecular formula is C22H27N3O5. The van der Waals surface area contributed by atoms with Crippen LogP contribution in [0.15, 0.2) is 34.9 Å². The second-order valence-electron chi connectivity index (χ2n) is 7.82. The number of aromatic nitrogens is 1. The molecule has 2 amide bonds. The van der Waals surface area contributed by atoms with E-state index in [1.54, 1.807) is 18.9 Å². The van der Waals surface area contributed by atoms with Gasteiger partial charge in [-0.25, -0.2) is 4.79 Å². The molecule has 1 aliphatic heterocycles. The van der Waals surface area contributed by atoms with E-state index in [1.807, 2.05) is 30.3 Å². The zero-order valence-electron chi connectivity index (χ0n) is 17.3. The number of carbonyl (C=O) groups is 2. The van der Waals surface area contributed by atoms with Gasteiger partial charge < -0.3 is 24.2 Å². The van der Waals surface area contributed by atoms with Crippen LogP contribution in [0.25, 0.3) is 11.3 Å². The highest BCUT2D eigenvalue weighted by Crippen LogP contribution is 2.48. The molecule has 2 aromatic rings. The number of likely N-dealkylation sites (tertiary alicyclic amines) is 1. The van der Waals surface area contributed by atoms with Crippen LogP contribution in [0.2, 0.25) is 0 Å². The number of rotatable bonds is 6. The van der Waals surface area contributed by atoms with Crippen LogP contribution in [0.1, 0.15) is 38.3 Å². The first-order valence-electron chi connectivity index (χ1n) is 10.4. The molecule has 0 atom stereocenters. The second kappa shape index (κ2) is 8.38. The summed E-state index contributed by atoms with van der Waals surface area (Å²) in [5, 5.41) is 7.37. The fourth-order valence-electron chi connectivity index (χ4n) is 3.88. The van der Waals surface area contributed by atoms with Crippen LogP contribution >= 0.6 is 0 Å². The van der Waals surface area contributed by atoms with Gasteiger partial charge in [0.05, 0.1) is 24.8 Å². The quantitative estimate of drug-likeness (QED) is 0.782. The van der Waals surface area contributed by atoms with Crippen molar-refractivity contribution in [1.29, 1.82) is 0 Å². The van der Waals surface area contributed by atoms with Gasteiger partial charge in [0.1, 0.15) is 5.75 Å². The molecule has 1 saturated carbocycles. The first-order chi connectivity index (χ1) is 14.6. The zero-order chi connectivity index (χ0) is 21.1. The summed E-state index contributed by atoms with van der Waals surface area (Å²) >= 11 is 0. The van der Waals surface area contributed by atoms with Crippen LogP contribution in [0, 0.1) is 0 Å². The van der Waals surface area contributed by atoms with Gasteiger partial charge in [-0.3, -0.25) is 4.79 Å². The Kier molecular flexibility index (Phi) is 5.65. The lowest BCUT2D eigenvalue weighted by molar-refractivity contribution is -0.124. The summed E-state index contributed by atoms with van der Waals surface area (Å²) < 4.78 is 15.8. The van der Waals surface area contributed by atoms with E-state index >= 15 is 0 Å². The number of benzene rings is 1. The Morgan fingerprint density at radius 3 is 2.70 bits per heavy atom. The molecule has 2 fully saturated rings. The van der Waals surface area contributed by atoms with Crippen LogP contribution in [0.4, 0.5) is 4.79 Å². The van der Waals surface area contributed by atoms with Gasteiger partial charge in [0.25, 0.3) is 0 Å². The Morgan fingerprint density at radius 2 is 2.03 bits per heavy atom. The van der Waals surface area contributed by atoms with Gasteiger partial charge >= 0.3 is 6.09 Å². The molecule has 1 aromatic carbocycles. The Morgan fingerprint density at radius 1 is 1.27 bits per heavy atom. The average Bonchev–Trinajstić information content (AvgIpc) is 3.44. The molecule has 1 aliphatic carbocycles. The lowest BCUT2D eigenvalue weighted by Crippen LogP contribution is -2.49. The summed E-state index contributed by atoms with van der Waals surface area (Å²) in [7, 11) is 1.62. The van der Waals surface area contributed by atoms with Crippen molar-refractivity contribution in [2.75, 3.05) is 26.8 Å². The molecule has 0 unspecified atom stereocenters. The van der Waals surface area contributed by atoms with E-state index in [0.717, 1.165) is 24.2 Å². The molecule has 2 aliphatic rings. The Hall–Kier alpha value is -3.03. The molecule has 1 saturated heterocycles. The van der Waals surface area contributed by atoms with E-state index < -0.39 is 5.41 Å². The van der Waals surface area contributed by atoms with E-state index in [0.29, 0.717) is 44.0 Å². The highest BCUT2D eigenvalue weighted by molar-refractivity contribution is 5.91. The normalized spacial score (nSPS) is 18.0. The predicted octanol–water partition coefficient (Wildman–Crippen LogP) is 3.12. The van der Waals surface area contributed by atoms with Crippen LogP contribution in [0.5, 0.6) is 5.75 Å². The summed E-state index contributed by atoms with van der Waals surface area (Å²) in [6, 6.07) is 9.45. The number of ether oxygens (including phenoxy) is 2. The van der Waals surface area contributed by atoms with Crippen LogP contribution in [-0.2, 0) is 14.9 Å². The number of nitrogens with one attached hydrogen (secondary N) is 1. The number of carbonyl (C=O) groups excluding carboxylic acids is 2. The lowest BCUT2D eigenvalue weighted by atomic mass is 9.98. The topological polar surface area (TPSA) is 93.9 Å². The molecule has 1 aromatic heterocycles. The van der Waals surface area contributed by atoms with E-state index in [4.69, 9.17) is 14.0 Å². The maximum absolute atomic E-state index is 13.0. The van der Waals surface area contributed by atoms with Gasteiger partial charge in [0.15, 0.2) is 5.76 Å². The summed E-state index contributed by atoms with van der Waals surface area (Å²) in [6.45, 7) is 3.33. The number of hydrogen-bond donors (Lipinski definition) is 1. The molecule has 30 heavy (non-hydrogen) atoms. The lowest BCUT2D eigenvalue weighted by Gasteiger charge is -2.32. The van der Waals surface area contributed by atoms with Gasteiger partial charge in [-0.05, 0) is 44.7 Å². The highest BCUT2D eigenvalue weighted by atomic mass is 16.6. The summed E-state index contributed by atoms with van der Waals surface area (Å²) in [6.07, 6.45) is 2.66. The van der Waals surface area contributed by atoms with E-state index in [2.05, 4.69) is 10.5 Å². The van der Waals surface area contributed by atoms with Crippen LogP contribution in [-0.4, -0.2) is 54.9 Å². The van der Waals surface area contributed by atoms with Crippen molar-refractivity contribution in [3.05, 3.63) is 36.0 Å². The molecule has 2 heterocycles. The monoisotopic (exact) mass is 413 g/mol. The van der Waals surface area contributed by atoms with Gasteiger partial charge in [-0.15, -0.1) is 0 Å². The second-order valence-corrected chi connectivity index (χ2v) is 7.82. The average molecular weight is 413 g/mol. The van der Waals surface area contributed by atoms with Gasteiger partial charge in [0, 0.05) is 30.8 Å². The molecular weight excluding hydrogens is 386 g/mol. The van der Waals surface area contributed by atoms with E-state index in [-0.39, 0.29) is 18.0 Å². The largest absolute Gasteiger partial charge is 0.497 e. The van der Waals surface area contributed by atoms with Gasteiger partial charge in [-0.2, -0.15) is 0 Å². The maximum atomic E-state index is 13.0. The molecule has 8 nitrogen and oxygen atoms in total. The minimum absolute atomic E-state index is 0.0115. The molecule has 8 heteroatoms. The summed E-state index contributed by atoms with van der Waals surface area (Å²) in [5.41, 5.74) is 0.913. The Bertz CT molecular complexity index is 913. The number of methoxy groups -OCH3 is 1. The number of hydrogen-bond acceptors (Lipinski definition) is 6. The predicted molar refractivity (Wildman–Crippen MR) is 109 cm³/mol. The van der Waals surface area contributed by atoms with Crippen molar-refractivity contribution in [2.24, 2.45) is 0 Å². The van der Waals surface area contributed by atoms with Crippen molar-refractivity contribution in [2.45, 2.75) is 44.1 Å². The van der Waals surface area contributed by atoms with Crippen LogP contribution < -0.4 is 10.1 Å². The highest BCUT2D eigenvalue weighted by Gasteiger charge is 2.54. The number of amides is 2. The summed E-state index contributed by atoms with van der Waals surface area (Å²) in [4.78, 5) is 26.6. The summed E-state index contributed by atoms with van der Waals surface area (Å²) in [5.74, 6) is 1.34. The van der Waals surface area contributed by atoms with E-state index in [9.17, 15) is 9.59 Å². The maximum Gasteiger partial charge on any atom is 0.409 e. The first-order valence-corrected chi connectivity index (χ1v) is 10.4. The van der Waals surface area contributed by atoms with Gasteiger partial charge in [-0.1, -0.05) is 17.3 Å². The standard InChI is InChI=1S/C22H27N3O5/c1-3-29-21(27)25-11-7-16(8-12-25)23-20(26)22(9-10-22)19-14-18(30-24-19)15-5-4-6-17(13-15)28-2/h4-6,13-14,16H,3,7-12H2,1-2H3,(H,23,26). The smallest absolute Gasteiger partial charge is 0.409 e. The van der Waals surface area contributed by atoms with Gasteiger partial charge in [0.2, 0.25) is 5.91 Å². The van der Waals surface area contributed by atoms with Crippen molar-refractivity contribution in [3.63, 3.8) is 0 Å². The third-order valence-corrected chi connectivity index (χ3v) is 5.90. The Labute approximate surface area is 175 Å². The number of nitrogens with zero attached hydrogens (tertiary/aromatic N) is 2. The minimum atomic E-state index is -0.612. The minimum Gasteiger partial charge on any atom is -0.497 e. The SMILES string of the molecule is CCOC(=O)N1CCC(NC(=O)C2(c3cc(-c4cccc(OC)c4)on3)CC2)CC1. The third-order valence-electron chi connectivity index (χ3n) is 5.90. The molecule has 0 radical (unpaired) electrons. The number of piperidine rings is 1. The molecule has 160 valence electrons. The molecule has 0 bridgehead atoms. The van der Waals surface area contributed by atoms with Crippen molar-refractivity contribution < 1.29 is 23.6 Å². The molecule has 4 rings (SSSR count). The first kappa shape index (κ1) is 20.3. The van der Waals surface area contributed by atoms with Crippen molar-refractivity contribution in [1.82, 2.24) is 15.4 Å². The van der Waals surface area contributed by atoms with Crippen LogP contribution in [0.3, 0.4) is 0 Å². The Balaban J connectivity index is 1.38. The van der Waals surface area contributed by atoms with Crippen molar-refractivity contribution in [3.8, 4) is 17.1 Å². The molecule has 0 spiro atoms. The molecule has 1 N–H and O–H groups in total. The zero-order valence-corrected chi connectivity index (χ0v) is 17.3.